The second kappa shape index (κ2) is 5.41. The maximum Gasteiger partial charge on any atom is 0.123 e. The Labute approximate surface area is 96.5 Å². The first-order chi connectivity index (χ1) is 7.37. The van der Waals surface area contributed by atoms with Crippen molar-refractivity contribution in [1.82, 2.24) is 5.32 Å². The zero-order valence-electron chi connectivity index (χ0n) is 10.1. The van der Waals surface area contributed by atoms with E-state index < -0.39 is 5.60 Å². The Morgan fingerprint density at radius 3 is 2.69 bits per heavy atom. The third-order valence-corrected chi connectivity index (χ3v) is 2.31. The Balaban J connectivity index is 2.43. The van der Waals surface area contributed by atoms with E-state index in [9.17, 15) is 9.50 Å². The fraction of sp³-hybridized carbons (Fsp3) is 0.538. The van der Waals surface area contributed by atoms with Gasteiger partial charge in [0.05, 0.1) is 5.60 Å². The molecular weight excluding hydrogens is 205 g/mol. The van der Waals surface area contributed by atoms with Crippen molar-refractivity contribution < 1.29 is 9.50 Å². The van der Waals surface area contributed by atoms with Crippen molar-refractivity contribution in [3.8, 4) is 0 Å². The molecule has 0 aliphatic carbocycles. The second-order valence-electron chi connectivity index (χ2n) is 4.93. The SMILES string of the molecule is CC(Cc1cccc(F)c1)NCC(C)(C)O. The van der Waals surface area contributed by atoms with Crippen LogP contribution < -0.4 is 5.32 Å². The van der Waals surface area contributed by atoms with E-state index in [1.165, 1.54) is 6.07 Å². The van der Waals surface area contributed by atoms with Crippen LogP contribution in [0.3, 0.4) is 0 Å². The van der Waals surface area contributed by atoms with Gasteiger partial charge in [-0.1, -0.05) is 12.1 Å². The van der Waals surface area contributed by atoms with Crippen LogP contribution in [0.4, 0.5) is 4.39 Å². The van der Waals surface area contributed by atoms with E-state index in [1.807, 2.05) is 13.0 Å². The minimum absolute atomic E-state index is 0.202. The summed E-state index contributed by atoms with van der Waals surface area (Å²) in [6.45, 7) is 6.07. The van der Waals surface area contributed by atoms with Gasteiger partial charge in [-0.05, 0) is 44.9 Å². The van der Waals surface area contributed by atoms with Crippen molar-refractivity contribution in [2.45, 2.75) is 38.8 Å². The summed E-state index contributed by atoms with van der Waals surface area (Å²) >= 11 is 0. The fourth-order valence-corrected chi connectivity index (χ4v) is 1.51. The highest BCUT2D eigenvalue weighted by atomic mass is 19.1. The van der Waals surface area contributed by atoms with Crippen LogP contribution in [0.1, 0.15) is 26.3 Å². The molecule has 0 aromatic heterocycles. The molecule has 1 aromatic carbocycles. The fourth-order valence-electron chi connectivity index (χ4n) is 1.51. The lowest BCUT2D eigenvalue weighted by Crippen LogP contribution is -2.40. The summed E-state index contributed by atoms with van der Waals surface area (Å²) in [6.07, 6.45) is 0.758. The molecule has 2 nitrogen and oxygen atoms in total. The van der Waals surface area contributed by atoms with Gasteiger partial charge in [0.15, 0.2) is 0 Å². The Kier molecular flexibility index (Phi) is 4.44. The van der Waals surface area contributed by atoms with Crippen molar-refractivity contribution >= 4 is 0 Å². The predicted molar refractivity (Wildman–Crippen MR) is 63.9 cm³/mol. The summed E-state index contributed by atoms with van der Waals surface area (Å²) in [5, 5.41) is 12.8. The van der Waals surface area contributed by atoms with Gasteiger partial charge in [0.2, 0.25) is 0 Å². The molecule has 1 unspecified atom stereocenters. The number of nitrogens with one attached hydrogen (secondary N) is 1. The number of halogens is 1. The normalized spacial score (nSPS) is 13.8. The molecule has 2 N–H and O–H groups in total. The van der Waals surface area contributed by atoms with Crippen LogP contribution in [0.2, 0.25) is 0 Å². The van der Waals surface area contributed by atoms with Gasteiger partial charge in [0, 0.05) is 12.6 Å². The van der Waals surface area contributed by atoms with Gasteiger partial charge in [-0.15, -0.1) is 0 Å². The lowest BCUT2D eigenvalue weighted by atomic mass is 10.1. The van der Waals surface area contributed by atoms with Gasteiger partial charge >= 0.3 is 0 Å². The molecule has 3 heteroatoms. The third-order valence-electron chi connectivity index (χ3n) is 2.31. The van der Waals surface area contributed by atoms with Crippen molar-refractivity contribution in [1.29, 1.82) is 0 Å². The molecule has 0 radical (unpaired) electrons. The molecule has 0 saturated heterocycles. The van der Waals surface area contributed by atoms with Crippen LogP contribution in [0, 0.1) is 5.82 Å². The average Bonchev–Trinajstić information content (AvgIpc) is 2.14. The quantitative estimate of drug-likeness (QED) is 0.804. The van der Waals surface area contributed by atoms with Crippen LogP contribution >= 0.6 is 0 Å². The monoisotopic (exact) mass is 225 g/mol. The van der Waals surface area contributed by atoms with E-state index in [0.29, 0.717) is 6.54 Å². The largest absolute Gasteiger partial charge is 0.389 e. The van der Waals surface area contributed by atoms with Gasteiger partial charge in [0.1, 0.15) is 5.82 Å². The highest BCUT2D eigenvalue weighted by Gasteiger charge is 2.13. The van der Waals surface area contributed by atoms with Crippen LogP contribution in [-0.4, -0.2) is 23.3 Å². The van der Waals surface area contributed by atoms with Crippen molar-refractivity contribution in [2.75, 3.05) is 6.54 Å². The number of benzene rings is 1. The summed E-state index contributed by atoms with van der Waals surface area (Å²) in [5.74, 6) is -0.202. The van der Waals surface area contributed by atoms with E-state index in [2.05, 4.69) is 5.32 Å². The number of hydrogen-bond acceptors (Lipinski definition) is 2. The summed E-state index contributed by atoms with van der Waals surface area (Å²) in [5.41, 5.74) is 0.256. The smallest absolute Gasteiger partial charge is 0.123 e. The molecule has 0 saturated carbocycles. The van der Waals surface area contributed by atoms with Crippen LogP contribution in [0.5, 0.6) is 0 Å². The molecule has 0 heterocycles. The number of hydrogen-bond donors (Lipinski definition) is 2. The third kappa shape index (κ3) is 5.24. The zero-order valence-corrected chi connectivity index (χ0v) is 10.1. The highest BCUT2D eigenvalue weighted by molar-refractivity contribution is 5.17. The van der Waals surface area contributed by atoms with Crippen molar-refractivity contribution in [2.24, 2.45) is 0 Å². The van der Waals surface area contributed by atoms with Crippen LogP contribution in [-0.2, 0) is 6.42 Å². The zero-order chi connectivity index (χ0) is 12.2. The number of aliphatic hydroxyl groups is 1. The van der Waals surface area contributed by atoms with Gasteiger partial charge in [-0.2, -0.15) is 0 Å². The molecule has 0 aliphatic heterocycles. The van der Waals surface area contributed by atoms with E-state index in [4.69, 9.17) is 0 Å². The molecule has 1 rings (SSSR count). The van der Waals surface area contributed by atoms with Gasteiger partial charge < -0.3 is 10.4 Å². The first kappa shape index (κ1) is 13.1. The molecule has 0 spiro atoms. The molecular formula is C13H20FNO. The average molecular weight is 225 g/mol. The summed E-state index contributed by atoms with van der Waals surface area (Å²) in [6, 6.07) is 6.83. The van der Waals surface area contributed by atoms with Crippen LogP contribution in [0.25, 0.3) is 0 Å². The van der Waals surface area contributed by atoms with Gasteiger partial charge in [-0.3, -0.25) is 0 Å². The van der Waals surface area contributed by atoms with E-state index in [0.717, 1.165) is 12.0 Å². The Hall–Kier alpha value is -0.930. The molecule has 90 valence electrons. The second-order valence-corrected chi connectivity index (χ2v) is 4.93. The molecule has 0 fully saturated rings. The molecule has 1 aromatic rings. The van der Waals surface area contributed by atoms with E-state index in [-0.39, 0.29) is 11.9 Å². The number of rotatable bonds is 5. The van der Waals surface area contributed by atoms with Crippen molar-refractivity contribution in [3.63, 3.8) is 0 Å². The Morgan fingerprint density at radius 1 is 1.44 bits per heavy atom. The molecule has 0 bridgehead atoms. The first-order valence-corrected chi connectivity index (χ1v) is 5.57. The summed E-state index contributed by atoms with van der Waals surface area (Å²) < 4.78 is 12.9. The standard InChI is InChI=1S/C13H20FNO/c1-10(15-9-13(2,3)16)7-11-5-4-6-12(14)8-11/h4-6,8,10,15-16H,7,9H2,1-3H3. The first-order valence-electron chi connectivity index (χ1n) is 5.57. The minimum Gasteiger partial charge on any atom is -0.389 e. The van der Waals surface area contributed by atoms with Crippen LogP contribution in [0.15, 0.2) is 24.3 Å². The minimum atomic E-state index is -0.712. The van der Waals surface area contributed by atoms with E-state index in [1.54, 1.807) is 26.0 Å². The maximum atomic E-state index is 12.9. The van der Waals surface area contributed by atoms with Gasteiger partial charge in [0.25, 0.3) is 0 Å². The predicted octanol–water partition coefficient (Wildman–Crippen LogP) is 2.12. The molecule has 0 aliphatic rings. The lowest BCUT2D eigenvalue weighted by Gasteiger charge is -2.21. The Bertz CT molecular complexity index is 333. The van der Waals surface area contributed by atoms with Gasteiger partial charge in [-0.25, -0.2) is 4.39 Å². The summed E-state index contributed by atoms with van der Waals surface area (Å²) in [7, 11) is 0. The van der Waals surface area contributed by atoms with Crippen molar-refractivity contribution in [3.05, 3.63) is 35.6 Å². The Morgan fingerprint density at radius 2 is 2.12 bits per heavy atom. The lowest BCUT2D eigenvalue weighted by molar-refractivity contribution is 0.0770. The maximum absolute atomic E-state index is 12.9. The topological polar surface area (TPSA) is 32.3 Å². The van der Waals surface area contributed by atoms with E-state index >= 15 is 0 Å². The summed E-state index contributed by atoms with van der Waals surface area (Å²) in [4.78, 5) is 0. The molecule has 16 heavy (non-hydrogen) atoms. The molecule has 0 amide bonds. The molecule has 1 atom stereocenters. The highest BCUT2D eigenvalue weighted by Crippen LogP contribution is 2.07.